The van der Waals surface area contributed by atoms with Crippen molar-refractivity contribution in [1.82, 2.24) is 5.48 Å². The second-order valence-electron chi connectivity index (χ2n) is 4.95. The van der Waals surface area contributed by atoms with Gasteiger partial charge in [0.2, 0.25) is 0 Å². The van der Waals surface area contributed by atoms with Crippen LogP contribution in [0, 0.1) is 0 Å². The molecule has 19 heavy (non-hydrogen) atoms. The summed E-state index contributed by atoms with van der Waals surface area (Å²) in [7, 11) is 0. The number of hydrogen-bond donors (Lipinski definition) is 1. The Kier molecular flexibility index (Phi) is 4.11. The van der Waals surface area contributed by atoms with Crippen LogP contribution in [0.1, 0.15) is 31.2 Å². The first-order valence-corrected chi connectivity index (χ1v) is 7.17. The Labute approximate surface area is 117 Å². The van der Waals surface area contributed by atoms with Crippen molar-refractivity contribution < 1.29 is 14.3 Å². The Morgan fingerprint density at radius 3 is 2.84 bits per heavy atom. The van der Waals surface area contributed by atoms with E-state index in [4.69, 9.17) is 25.9 Å². The molecular weight excluding hydrogens is 266 g/mol. The highest BCUT2D eigenvalue weighted by atomic mass is 35.5. The zero-order valence-corrected chi connectivity index (χ0v) is 11.5. The molecule has 0 atom stereocenters. The van der Waals surface area contributed by atoms with Gasteiger partial charge < -0.3 is 9.47 Å². The van der Waals surface area contributed by atoms with E-state index < -0.39 is 0 Å². The van der Waals surface area contributed by atoms with Crippen LogP contribution >= 0.6 is 11.6 Å². The van der Waals surface area contributed by atoms with Crippen molar-refractivity contribution in [2.24, 2.45) is 0 Å². The summed E-state index contributed by atoms with van der Waals surface area (Å²) >= 11 is 6.18. The Hall–Kier alpha value is -0.970. The number of fused-ring (bicyclic) bond motifs is 1. The number of halogens is 1. The minimum atomic E-state index is 0.354. The fourth-order valence-corrected chi connectivity index (χ4v) is 2.80. The number of ether oxygens (including phenoxy) is 2. The molecule has 0 radical (unpaired) electrons. The van der Waals surface area contributed by atoms with Crippen LogP contribution in [0.5, 0.6) is 11.5 Å². The molecule has 1 aliphatic heterocycles. The quantitative estimate of drug-likeness (QED) is 0.862. The molecule has 1 fully saturated rings. The van der Waals surface area contributed by atoms with Crippen molar-refractivity contribution >= 4 is 11.6 Å². The zero-order chi connectivity index (χ0) is 13.1. The van der Waals surface area contributed by atoms with Crippen LogP contribution in [0.2, 0.25) is 5.02 Å². The highest BCUT2D eigenvalue weighted by Crippen LogP contribution is 2.38. The Balaban J connectivity index is 1.59. The molecule has 0 amide bonds. The van der Waals surface area contributed by atoms with E-state index in [2.05, 4.69) is 5.48 Å². The average molecular weight is 284 g/mol. The molecule has 1 aromatic rings. The molecule has 5 heteroatoms. The number of hydrogen-bond acceptors (Lipinski definition) is 4. The molecule has 4 nitrogen and oxygen atoms in total. The van der Waals surface area contributed by atoms with E-state index in [0.717, 1.165) is 24.2 Å². The largest absolute Gasteiger partial charge is 0.486 e. The smallest absolute Gasteiger partial charge is 0.179 e. The van der Waals surface area contributed by atoms with E-state index in [0.29, 0.717) is 36.6 Å². The van der Waals surface area contributed by atoms with Crippen LogP contribution < -0.4 is 15.0 Å². The summed E-state index contributed by atoms with van der Waals surface area (Å²) in [6.07, 6.45) is 5.18. The molecule has 1 N–H and O–H groups in total. The van der Waals surface area contributed by atoms with Crippen molar-refractivity contribution in [3.8, 4) is 11.5 Å². The average Bonchev–Trinajstić information content (AvgIpc) is 2.92. The SMILES string of the molecule is Clc1cc(CNOC2CCCC2)cc2c1OCCO2. The molecule has 1 aromatic carbocycles. The zero-order valence-electron chi connectivity index (χ0n) is 10.8. The lowest BCUT2D eigenvalue weighted by molar-refractivity contribution is -0.0244. The van der Waals surface area contributed by atoms with E-state index in [-0.39, 0.29) is 0 Å². The standard InChI is InChI=1S/C14H18ClNO3/c15-12-7-10(8-13-14(12)18-6-5-17-13)9-16-19-11-3-1-2-4-11/h7-8,11,16H,1-6,9H2. The molecule has 0 spiro atoms. The monoisotopic (exact) mass is 283 g/mol. The van der Waals surface area contributed by atoms with Crippen LogP contribution in [0.15, 0.2) is 12.1 Å². The fourth-order valence-electron chi connectivity index (χ4n) is 2.52. The third-order valence-corrected chi connectivity index (χ3v) is 3.77. The molecule has 104 valence electrons. The molecule has 1 heterocycles. The van der Waals surface area contributed by atoms with Gasteiger partial charge in [0.1, 0.15) is 13.2 Å². The van der Waals surface area contributed by atoms with Crippen LogP contribution in [-0.4, -0.2) is 19.3 Å². The minimum absolute atomic E-state index is 0.354. The van der Waals surface area contributed by atoms with Gasteiger partial charge in [-0.2, -0.15) is 5.48 Å². The van der Waals surface area contributed by atoms with Gasteiger partial charge in [-0.15, -0.1) is 0 Å². The number of benzene rings is 1. The highest BCUT2D eigenvalue weighted by molar-refractivity contribution is 6.32. The van der Waals surface area contributed by atoms with Crippen molar-refractivity contribution in [2.45, 2.75) is 38.3 Å². The van der Waals surface area contributed by atoms with Crippen molar-refractivity contribution in [3.63, 3.8) is 0 Å². The Bertz CT molecular complexity index is 447. The summed E-state index contributed by atoms with van der Waals surface area (Å²) in [4.78, 5) is 5.63. The first-order chi connectivity index (χ1) is 9.33. The molecule has 0 bridgehead atoms. The van der Waals surface area contributed by atoms with Crippen molar-refractivity contribution in [3.05, 3.63) is 22.7 Å². The van der Waals surface area contributed by atoms with Crippen molar-refractivity contribution in [1.29, 1.82) is 0 Å². The van der Waals surface area contributed by atoms with E-state index >= 15 is 0 Å². The summed E-state index contributed by atoms with van der Waals surface area (Å²) in [5.41, 5.74) is 4.06. The minimum Gasteiger partial charge on any atom is -0.486 e. The molecule has 0 unspecified atom stereocenters. The molecule has 2 aliphatic rings. The summed E-state index contributed by atoms with van der Waals surface area (Å²) in [5, 5.41) is 0.592. The van der Waals surface area contributed by atoms with Crippen LogP contribution in [0.4, 0.5) is 0 Å². The summed E-state index contributed by atoms with van der Waals surface area (Å²) in [5.74, 6) is 1.37. The Morgan fingerprint density at radius 1 is 1.21 bits per heavy atom. The topological polar surface area (TPSA) is 39.7 Å². The number of hydroxylamine groups is 1. The number of rotatable bonds is 4. The molecular formula is C14H18ClNO3. The third kappa shape index (κ3) is 3.14. The molecule has 1 saturated carbocycles. The molecule has 0 saturated heterocycles. The Morgan fingerprint density at radius 2 is 2.00 bits per heavy atom. The third-order valence-electron chi connectivity index (χ3n) is 3.49. The van der Waals surface area contributed by atoms with Gasteiger partial charge in [-0.3, -0.25) is 4.84 Å². The van der Waals surface area contributed by atoms with Gasteiger partial charge in [0.25, 0.3) is 0 Å². The molecule has 0 aromatic heterocycles. The van der Waals surface area contributed by atoms with E-state index in [1.807, 2.05) is 12.1 Å². The van der Waals surface area contributed by atoms with E-state index in [1.54, 1.807) is 0 Å². The maximum atomic E-state index is 6.18. The summed E-state index contributed by atoms with van der Waals surface area (Å²) in [6.45, 7) is 1.74. The first-order valence-electron chi connectivity index (χ1n) is 6.79. The van der Waals surface area contributed by atoms with Crippen molar-refractivity contribution in [2.75, 3.05) is 13.2 Å². The predicted molar refractivity (Wildman–Crippen MR) is 72.6 cm³/mol. The van der Waals surface area contributed by atoms with Crippen LogP contribution in [0.25, 0.3) is 0 Å². The van der Waals surface area contributed by atoms with E-state index in [1.165, 1.54) is 12.8 Å². The van der Waals surface area contributed by atoms with Gasteiger partial charge in [-0.25, -0.2) is 0 Å². The second-order valence-corrected chi connectivity index (χ2v) is 5.35. The lowest BCUT2D eigenvalue weighted by Crippen LogP contribution is -2.21. The normalized spacial score (nSPS) is 18.8. The molecule has 1 aliphatic carbocycles. The van der Waals surface area contributed by atoms with Gasteiger partial charge >= 0.3 is 0 Å². The second kappa shape index (κ2) is 5.99. The lowest BCUT2D eigenvalue weighted by atomic mass is 10.2. The van der Waals surface area contributed by atoms with Gasteiger partial charge in [-0.1, -0.05) is 24.4 Å². The van der Waals surface area contributed by atoms with Gasteiger partial charge in [-0.05, 0) is 30.5 Å². The van der Waals surface area contributed by atoms with Gasteiger partial charge in [0.05, 0.1) is 11.1 Å². The maximum absolute atomic E-state index is 6.18. The molecule has 3 rings (SSSR count). The lowest BCUT2D eigenvalue weighted by Gasteiger charge is -2.20. The van der Waals surface area contributed by atoms with E-state index in [9.17, 15) is 0 Å². The van der Waals surface area contributed by atoms with Crippen LogP contribution in [0.3, 0.4) is 0 Å². The predicted octanol–water partition coefficient (Wildman–Crippen LogP) is 3.08. The summed E-state index contributed by atoms with van der Waals surface area (Å²) < 4.78 is 11.0. The van der Waals surface area contributed by atoms with Gasteiger partial charge in [0, 0.05) is 6.54 Å². The first kappa shape index (κ1) is 13.0. The number of nitrogens with one attached hydrogen (secondary N) is 1. The fraction of sp³-hybridized carbons (Fsp3) is 0.571. The van der Waals surface area contributed by atoms with Gasteiger partial charge in [0.15, 0.2) is 11.5 Å². The highest BCUT2D eigenvalue weighted by Gasteiger charge is 2.18. The van der Waals surface area contributed by atoms with Crippen LogP contribution in [-0.2, 0) is 11.4 Å². The summed E-state index contributed by atoms with van der Waals surface area (Å²) in [6, 6.07) is 3.84. The maximum Gasteiger partial charge on any atom is 0.179 e.